The second kappa shape index (κ2) is 3.08. The van der Waals surface area contributed by atoms with Gasteiger partial charge in [-0.3, -0.25) is 0 Å². The van der Waals surface area contributed by atoms with Gasteiger partial charge in [0.1, 0.15) is 0 Å². The monoisotopic (exact) mass is 203 g/mol. The zero-order valence-electron chi connectivity index (χ0n) is 10.2. The van der Waals surface area contributed by atoms with E-state index >= 15 is 0 Å². The number of rotatable bonds is 1. The molecule has 2 rings (SSSR count). The van der Waals surface area contributed by atoms with Crippen LogP contribution < -0.4 is 5.73 Å². The summed E-state index contributed by atoms with van der Waals surface area (Å²) < 4.78 is 0. The molecule has 1 aromatic carbocycles. The van der Waals surface area contributed by atoms with E-state index in [1.165, 1.54) is 11.1 Å². The Morgan fingerprint density at radius 2 is 1.67 bits per heavy atom. The van der Waals surface area contributed by atoms with Crippen LogP contribution in [0.4, 0.5) is 0 Å². The molecule has 2 atom stereocenters. The van der Waals surface area contributed by atoms with Crippen LogP contribution in [0, 0.1) is 5.92 Å². The van der Waals surface area contributed by atoms with Crippen molar-refractivity contribution in [3.05, 3.63) is 35.4 Å². The predicted octanol–water partition coefficient (Wildman–Crippen LogP) is 3.18. The van der Waals surface area contributed by atoms with Crippen molar-refractivity contribution in [1.29, 1.82) is 0 Å². The summed E-state index contributed by atoms with van der Waals surface area (Å²) in [5.74, 6) is 0.637. The molecule has 0 radical (unpaired) electrons. The molecule has 0 heterocycles. The third-order valence-electron chi connectivity index (χ3n) is 3.65. The Balaban J connectivity index is 2.26. The van der Waals surface area contributed by atoms with Crippen LogP contribution in [0.1, 0.15) is 45.2 Å². The molecule has 1 nitrogen and oxygen atoms in total. The van der Waals surface area contributed by atoms with Crippen LogP contribution in [0.15, 0.2) is 24.3 Å². The van der Waals surface area contributed by atoms with Crippen molar-refractivity contribution in [3.63, 3.8) is 0 Å². The van der Waals surface area contributed by atoms with Gasteiger partial charge in [-0.05, 0) is 28.9 Å². The highest BCUT2D eigenvalue weighted by atomic mass is 14.8. The van der Waals surface area contributed by atoms with E-state index in [-0.39, 0.29) is 11.0 Å². The Bertz CT molecular complexity index is 358. The first-order chi connectivity index (χ1) is 6.84. The second-order valence-corrected chi connectivity index (χ2v) is 5.97. The normalized spacial score (nSPS) is 30.3. The van der Waals surface area contributed by atoms with Crippen molar-refractivity contribution in [2.24, 2.45) is 11.7 Å². The molecule has 15 heavy (non-hydrogen) atoms. The van der Waals surface area contributed by atoms with Gasteiger partial charge in [-0.1, -0.05) is 52.0 Å². The summed E-state index contributed by atoms with van der Waals surface area (Å²) in [5, 5.41) is 0. The lowest BCUT2D eigenvalue weighted by Gasteiger charge is -2.20. The Kier molecular flexibility index (Phi) is 2.20. The number of hydrogen-bond donors (Lipinski definition) is 1. The summed E-state index contributed by atoms with van der Waals surface area (Å²) in [6.45, 7) is 8.93. The van der Waals surface area contributed by atoms with E-state index < -0.39 is 0 Å². The van der Waals surface area contributed by atoms with E-state index in [1.54, 1.807) is 0 Å². The van der Waals surface area contributed by atoms with E-state index in [2.05, 4.69) is 52.0 Å². The molecule has 0 unspecified atom stereocenters. The van der Waals surface area contributed by atoms with Crippen LogP contribution in [0.2, 0.25) is 0 Å². The molecular formula is C14H21N. The first-order valence-corrected chi connectivity index (χ1v) is 5.74. The van der Waals surface area contributed by atoms with Gasteiger partial charge < -0.3 is 5.73 Å². The minimum atomic E-state index is -0.0313. The summed E-state index contributed by atoms with van der Waals surface area (Å²) in [5.41, 5.74) is 9.14. The minimum absolute atomic E-state index is 0.0313. The molecule has 0 saturated heterocycles. The quantitative estimate of drug-likeness (QED) is 0.745. The van der Waals surface area contributed by atoms with Crippen molar-refractivity contribution in [1.82, 2.24) is 0 Å². The molecule has 0 amide bonds. The van der Waals surface area contributed by atoms with Gasteiger partial charge in [0.25, 0.3) is 0 Å². The maximum atomic E-state index is 6.27. The van der Waals surface area contributed by atoms with Crippen molar-refractivity contribution >= 4 is 0 Å². The van der Waals surface area contributed by atoms with Gasteiger partial charge in [-0.15, -0.1) is 0 Å². The zero-order valence-corrected chi connectivity index (χ0v) is 10.2. The first-order valence-electron chi connectivity index (χ1n) is 5.74. The maximum Gasteiger partial charge on any atom is 0.0439 e. The molecule has 1 fully saturated rings. The highest BCUT2D eigenvalue weighted by molar-refractivity contribution is 5.35. The molecule has 1 aliphatic rings. The van der Waals surface area contributed by atoms with Crippen molar-refractivity contribution in [3.8, 4) is 0 Å². The smallest absolute Gasteiger partial charge is 0.0439 e. The highest BCUT2D eigenvalue weighted by Gasteiger charge is 2.48. The van der Waals surface area contributed by atoms with Crippen LogP contribution in [0.3, 0.4) is 0 Å². The average molecular weight is 203 g/mol. The SMILES string of the molecule is C[C@H]1C[C@]1(N)c1ccc(C(C)(C)C)cc1. The fourth-order valence-electron chi connectivity index (χ4n) is 2.13. The Hall–Kier alpha value is -0.820. The van der Waals surface area contributed by atoms with Gasteiger partial charge in [0.2, 0.25) is 0 Å². The number of hydrogen-bond acceptors (Lipinski definition) is 1. The van der Waals surface area contributed by atoms with E-state index in [9.17, 15) is 0 Å². The lowest BCUT2D eigenvalue weighted by atomic mass is 9.86. The molecular weight excluding hydrogens is 182 g/mol. The van der Waals surface area contributed by atoms with Crippen molar-refractivity contribution < 1.29 is 0 Å². The van der Waals surface area contributed by atoms with Crippen molar-refractivity contribution in [2.45, 2.75) is 45.1 Å². The van der Waals surface area contributed by atoms with Gasteiger partial charge >= 0.3 is 0 Å². The van der Waals surface area contributed by atoms with E-state index in [1.807, 2.05) is 0 Å². The third kappa shape index (κ3) is 1.81. The van der Waals surface area contributed by atoms with Gasteiger partial charge in [0, 0.05) is 5.54 Å². The van der Waals surface area contributed by atoms with Gasteiger partial charge in [-0.25, -0.2) is 0 Å². The molecule has 0 spiro atoms. The predicted molar refractivity (Wildman–Crippen MR) is 64.8 cm³/mol. The minimum Gasteiger partial charge on any atom is -0.321 e. The number of nitrogens with two attached hydrogens (primary N) is 1. The molecule has 0 aromatic heterocycles. The standard InChI is InChI=1S/C14H21N/c1-10-9-14(10,15)12-7-5-11(6-8-12)13(2,3)4/h5-8,10H,9,15H2,1-4H3/t10-,14+/m0/s1. The summed E-state index contributed by atoms with van der Waals surface area (Å²) >= 11 is 0. The number of benzene rings is 1. The summed E-state index contributed by atoms with van der Waals surface area (Å²) in [6, 6.07) is 8.83. The van der Waals surface area contributed by atoms with E-state index in [0.29, 0.717) is 5.92 Å². The van der Waals surface area contributed by atoms with Gasteiger partial charge in [0.05, 0.1) is 0 Å². The molecule has 82 valence electrons. The molecule has 1 saturated carbocycles. The van der Waals surface area contributed by atoms with Gasteiger partial charge in [0.15, 0.2) is 0 Å². The fraction of sp³-hybridized carbons (Fsp3) is 0.571. The molecule has 1 aliphatic carbocycles. The maximum absolute atomic E-state index is 6.27. The van der Waals surface area contributed by atoms with Crippen molar-refractivity contribution in [2.75, 3.05) is 0 Å². The van der Waals surface area contributed by atoms with Crippen LogP contribution in [0.25, 0.3) is 0 Å². The Labute approximate surface area is 92.7 Å². The molecule has 0 aliphatic heterocycles. The molecule has 0 bridgehead atoms. The topological polar surface area (TPSA) is 26.0 Å². The lowest BCUT2D eigenvalue weighted by Crippen LogP contribution is -2.21. The second-order valence-electron chi connectivity index (χ2n) is 5.97. The van der Waals surface area contributed by atoms with Crippen LogP contribution in [-0.2, 0) is 11.0 Å². The first kappa shape index (κ1) is 10.7. The summed E-state index contributed by atoms with van der Waals surface area (Å²) in [6.07, 6.45) is 1.13. The third-order valence-corrected chi connectivity index (χ3v) is 3.65. The highest BCUT2D eigenvalue weighted by Crippen LogP contribution is 2.49. The van der Waals surface area contributed by atoms with E-state index in [0.717, 1.165) is 6.42 Å². The molecule has 1 heteroatoms. The van der Waals surface area contributed by atoms with Gasteiger partial charge in [-0.2, -0.15) is 0 Å². The Morgan fingerprint density at radius 1 is 1.20 bits per heavy atom. The molecule has 2 N–H and O–H groups in total. The average Bonchev–Trinajstić information content (AvgIpc) is 2.75. The van der Waals surface area contributed by atoms with Crippen LogP contribution in [0.5, 0.6) is 0 Å². The van der Waals surface area contributed by atoms with Crippen LogP contribution in [-0.4, -0.2) is 0 Å². The Morgan fingerprint density at radius 3 is 2.00 bits per heavy atom. The summed E-state index contributed by atoms with van der Waals surface area (Å²) in [7, 11) is 0. The van der Waals surface area contributed by atoms with E-state index in [4.69, 9.17) is 5.73 Å². The van der Waals surface area contributed by atoms with Crippen LogP contribution >= 0.6 is 0 Å². The summed E-state index contributed by atoms with van der Waals surface area (Å²) in [4.78, 5) is 0. The molecule has 1 aromatic rings. The lowest BCUT2D eigenvalue weighted by molar-refractivity contribution is 0.588. The zero-order chi connectivity index (χ0) is 11.3. The largest absolute Gasteiger partial charge is 0.321 e. The fourth-order valence-corrected chi connectivity index (χ4v) is 2.13.